The summed E-state index contributed by atoms with van der Waals surface area (Å²) < 4.78 is 0. The molecule has 0 bridgehead atoms. The van der Waals surface area contributed by atoms with E-state index in [-0.39, 0.29) is 18.3 Å². The second-order valence-electron chi connectivity index (χ2n) is 5.36. The van der Waals surface area contributed by atoms with Crippen LogP contribution < -0.4 is 10.6 Å². The van der Waals surface area contributed by atoms with Gasteiger partial charge in [-0.3, -0.25) is 4.79 Å². The predicted molar refractivity (Wildman–Crippen MR) is 71.4 cm³/mol. The molecule has 2 amide bonds. The topological polar surface area (TPSA) is 116 Å². The lowest BCUT2D eigenvalue weighted by Gasteiger charge is -2.41. The molecule has 0 aromatic rings. The van der Waals surface area contributed by atoms with E-state index < -0.39 is 24.0 Å². The smallest absolute Gasteiger partial charge is 0.326 e. The number of carbonyl (C=O) groups excluding carboxylic acids is 1. The van der Waals surface area contributed by atoms with Crippen molar-refractivity contribution in [3.05, 3.63) is 0 Å². The molecule has 0 radical (unpaired) electrons. The van der Waals surface area contributed by atoms with Crippen molar-refractivity contribution >= 4 is 18.0 Å². The van der Waals surface area contributed by atoms with Gasteiger partial charge in [-0.25, -0.2) is 9.59 Å². The summed E-state index contributed by atoms with van der Waals surface area (Å²) in [5.74, 6) is -2.31. The number of urea groups is 1. The predicted octanol–water partition coefficient (Wildman–Crippen LogP) is 1.18. The van der Waals surface area contributed by atoms with Gasteiger partial charge in [-0.2, -0.15) is 0 Å². The molecular weight excluding hydrogens is 264 g/mol. The summed E-state index contributed by atoms with van der Waals surface area (Å²) >= 11 is 0. The Morgan fingerprint density at radius 1 is 1.25 bits per heavy atom. The molecule has 7 nitrogen and oxygen atoms in total. The quantitative estimate of drug-likeness (QED) is 0.535. The Labute approximate surface area is 117 Å². The standard InChI is InChI=1S/C13H22N2O5/c1-2-13(6-3-7-13)8-14-12(20)15-9(11(18)19)4-5-10(16)17/h9H,2-8H2,1H3,(H,16,17)(H,18,19)(H2,14,15,20). The van der Waals surface area contributed by atoms with E-state index >= 15 is 0 Å². The second-order valence-corrected chi connectivity index (χ2v) is 5.36. The number of hydrogen-bond donors (Lipinski definition) is 4. The number of rotatable bonds is 8. The molecule has 0 spiro atoms. The van der Waals surface area contributed by atoms with E-state index in [4.69, 9.17) is 10.2 Å². The lowest BCUT2D eigenvalue weighted by atomic mass is 9.67. The molecule has 1 aliphatic carbocycles. The van der Waals surface area contributed by atoms with Crippen LogP contribution >= 0.6 is 0 Å². The van der Waals surface area contributed by atoms with E-state index in [2.05, 4.69) is 17.6 Å². The Bertz CT molecular complexity index is 373. The molecule has 20 heavy (non-hydrogen) atoms. The van der Waals surface area contributed by atoms with Gasteiger partial charge < -0.3 is 20.8 Å². The summed E-state index contributed by atoms with van der Waals surface area (Å²) in [6, 6.07) is -1.73. The molecule has 1 aliphatic rings. The van der Waals surface area contributed by atoms with Gasteiger partial charge in [0.2, 0.25) is 0 Å². The van der Waals surface area contributed by atoms with E-state index in [1.54, 1.807) is 0 Å². The van der Waals surface area contributed by atoms with Gasteiger partial charge >= 0.3 is 18.0 Å². The van der Waals surface area contributed by atoms with Crippen LogP contribution in [0, 0.1) is 5.41 Å². The molecule has 114 valence electrons. The molecule has 4 N–H and O–H groups in total. The number of carboxylic acid groups (broad SMARTS) is 2. The first-order valence-electron chi connectivity index (χ1n) is 6.87. The fourth-order valence-electron chi connectivity index (χ4n) is 2.33. The van der Waals surface area contributed by atoms with Crippen LogP contribution in [0.15, 0.2) is 0 Å². The minimum Gasteiger partial charge on any atom is -0.481 e. The Balaban J connectivity index is 2.37. The van der Waals surface area contributed by atoms with E-state index in [9.17, 15) is 14.4 Å². The van der Waals surface area contributed by atoms with Gasteiger partial charge in [0, 0.05) is 13.0 Å². The lowest BCUT2D eigenvalue weighted by molar-refractivity contribution is -0.140. The molecule has 1 atom stereocenters. The summed E-state index contributed by atoms with van der Waals surface area (Å²) in [5, 5.41) is 22.5. The van der Waals surface area contributed by atoms with Crippen LogP contribution in [-0.4, -0.2) is 40.8 Å². The van der Waals surface area contributed by atoms with Gasteiger partial charge in [-0.15, -0.1) is 0 Å². The molecule has 0 aliphatic heterocycles. The fraction of sp³-hybridized carbons (Fsp3) is 0.769. The Kier molecular flexibility index (Phi) is 5.79. The third-order valence-corrected chi connectivity index (χ3v) is 4.04. The summed E-state index contributed by atoms with van der Waals surface area (Å²) in [5.41, 5.74) is 0.150. The van der Waals surface area contributed by atoms with Crippen molar-refractivity contribution in [2.45, 2.75) is 51.5 Å². The Hall–Kier alpha value is -1.79. The van der Waals surface area contributed by atoms with E-state index in [1.807, 2.05) is 0 Å². The number of nitrogens with one attached hydrogen (secondary N) is 2. The zero-order valence-corrected chi connectivity index (χ0v) is 11.6. The summed E-state index contributed by atoms with van der Waals surface area (Å²) in [6.45, 7) is 2.60. The lowest BCUT2D eigenvalue weighted by Crippen LogP contribution is -2.50. The normalized spacial score (nSPS) is 17.6. The summed E-state index contributed by atoms with van der Waals surface area (Å²) in [7, 11) is 0. The van der Waals surface area contributed by atoms with E-state index in [0.717, 1.165) is 25.7 Å². The first kappa shape index (κ1) is 16.3. The van der Waals surface area contributed by atoms with Gasteiger partial charge in [-0.05, 0) is 31.1 Å². The number of aliphatic carboxylic acids is 2. The average Bonchev–Trinajstić information content (AvgIpc) is 2.33. The Morgan fingerprint density at radius 3 is 2.30 bits per heavy atom. The van der Waals surface area contributed by atoms with Crippen molar-refractivity contribution in [2.24, 2.45) is 5.41 Å². The summed E-state index contributed by atoms with van der Waals surface area (Å²) in [4.78, 5) is 33.0. The minimum atomic E-state index is -1.23. The monoisotopic (exact) mass is 286 g/mol. The largest absolute Gasteiger partial charge is 0.481 e. The van der Waals surface area contributed by atoms with Crippen LogP contribution in [0.1, 0.15) is 45.4 Å². The SMILES string of the molecule is CCC1(CNC(=O)NC(CCC(=O)O)C(=O)O)CCC1. The zero-order chi connectivity index (χ0) is 15.2. The highest BCUT2D eigenvalue weighted by Gasteiger charge is 2.35. The van der Waals surface area contributed by atoms with Crippen LogP contribution in [-0.2, 0) is 9.59 Å². The van der Waals surface area contributed by atoms with Gasteiger partial charge in [0.1, 0.15) is 6.04 Å². The van der Waals surface area contributed by atoms with Crippen molar-refractivity contribution in [1.82, 2.24) is 10.6 Å². The average molecular weight is 286 g/mol. The highest BCUT2D eigenvalue weighted by atomic mass is 16.4. The molecule has 1 unspecified atom stereocenters. The fourth-order valence-corrected chi connectivity index (χ4v) is 2.33. The molecule has 7 heteroatoms. The summed E-state index contributed by atoms with van der Waals surface area (Å²) in [6.07, 6.45) is 3.87. The third-order valence-electron chi connectivity index (χ3n) is 4.04. The first-order chi connectivity index (χ1) is 9.38. The minimum absolute atomic E-state index is 0.128. The van der Waals surface area contributed by atoms with Crippen LogP contribution in [0.5, 0.6) is 0 Å². The third kappa shape index (κ3) is 4.71. The van der Waals surface area contributed by atoms with Crippen molar-refractivity contribution in [3.8, 4) is 0 Å². The zero-order valence-electron chi connectivity index (χ0n) is 11.6. The van der Waals surface area contributed by atoms with Gasteiger partial charge in [0.05, 0.1) is 0 Å². The number of amides is 2. The first-order valence-corrected chi connectivity index (χ1v) is 6.87. The second kappa shape index (κ2) is 7.12. The number of hydrogen-bond acceptors (Lipinski definition) is 3. The van der Waals surface area contributed by atoms with E-state index in [0.29, 0.717) is 6.54 Å². The van der Waals surface area contributed by atoms with Crippen molar-refractivity contribution in [1.29, 1.82) is 0 Å². The van der Waals surface area contributed by atoms with Gasteiger partial charge in [0.15, 0.2) is 0 Å². The molecule has 0 aromatic heterocycles. The number of carboxylic acids is 2. The van der Waals surface area contributed by atoms with Crippen LogP contribution in [0.4, 0.5) is 4.79 Å². The van der Waals surface area contributed by atoms with Crippen molar-refractivity contribution < 1.29 is 24.6 Å². The highest BCUT2D eigenvalue weighted by molar-refractivity contribution is 5.83. The van der Waals surface area contributed by atoms with Crippen LogP contribution in [0.3, 0.4) is 0 Å². The highest BCUT2D eigenvalue weighted by Crippen LogP contribution is 2.42. The maximum Gasteiger partial charge on any atom is 0.326 e. The van der Waals surface area contributed by atoms with Crippen molar-refractivity contribution in [3.63, 3.8) is 0 Å². The molecule has 0 aromatic carbocycles. The van der Waals surface area contributed by atoms with Gasteiger partial charge in [0.25, 0.3) is 0 Å². The van der Waals surface area contributed by atoms with E-state index in [1.165, 1.54) is 0 Å². The maximum atomic E-state index is 11.7. The Morgan fingerprint density at radius 2 is 1.90 bits per heavy atom. The molecule has 1 rings (SSSR count). The molecule has 1 fully saturated rings. The molecule has 1 saturated carbocycles. The number of carbonyl (C=O) groups is 3. The van der Waals surface area contributed by atoms with Crippen LogP contribution in [0.2, 0.25) is 0 Å². The van der Waals surface area contributed by atoms with Crippen molar-refractivity contribution in [2.75, 3.05) is 6.54 Å². The van der Waals surface area contributed by atoms with Gasteiger partial charge in [-0.1, -0.05) is 13.3 Å². The maximum absolute atomic E-state index is 11.7. The molecular formula is C13H22N2O5. The molecule has 0 heterocycles. The van der Waals surface area contributed by atoms with Crippen LogP contribution in [0.25, 0.3) is 0 Å². The molecule has 0 saturated heterocycles.